The van der Waals surface area contributed by atoms with Crippen LogP contribution in [0.1, 0.15) is 15.9 Å². The van der Waals surface area contributed by atoms with E-state index >= 15 is 0 Å². The van der Waals surface area contributed by atoms with Crippen LogP contribution in [0.25, 0.3) is 6.08 Å². The zero-order valence-corrected chi connectivity index (χ0v) is 19.4. The van der Waals surface area contributed by atoms with Crippen molar-refractivity contribution in [3.63, 3.8) is 0 Å². The fourth-order valence-corrected chi connectivity index (χ4v) is 4.14. The van der Waals surface area contributed by atoms with Crippen molar-refractivity contribution in [2.45, 2.75) is 0 Å². The zero-order chi connectivity index (χ0) is 23.2. The fourth-order valence-electron chi connectivity index (χ4n) is 3.67. The van der Waals surface area contributed by atoms with E-state index in [1.807, 2.05) is 59.5 Å². The molecule has 0 spiro atoms. The van der Waals surface area contributed by atoms with Crippen molar-refractivity contribution in [1.29, 1.82) is 0 Å². The van der Waals surface area contributed by atoms with Crippen LogP contribution < -0.4 is 10.2 Å². The summed E-state index contributed by atoms with van der Waals surface area (Å²) >= 11 is 12.0. The summed E-state index contributed by atoms with van der Waals surface area (Å²) in [6.45, 7) is 2.86. The van der Waals surface area contributed by atoms with E-state index in [4.69, 9.17) is 23.2 Å². The zero-order valence-electron chi connectivity index (χ0n) is 17.9. The van der Waals surface area contributed by atoms with Crippen LogP contribution in [0.3, 0.4) is 0 Å². The van der Waals surface area contributed by atoms with Crippen molar-refractivity contribution in [2.75, 3.05) is 36.4 Å². The molecule has 0 radical (unpaired) electrons. The average Bonchev–Trinajstić information content (AvgIpc) is 2.84. The number of hydrogen-bond donors (Lipinski definition) is 1. The van der Waals surface area contributed by atoms with Gasteiger partial charge in [0.15, 0.2) is 0 Å². The van der Waals surface area contributed by atoms with Crippen molar-refractivity contribution >= 4 is 52.5 Å². The minimum absolute atomic E-state index is 0.0706. The van der Waals surface area contributed by atoms with Gasteiger partial charge >= 0.3 is 0 Å². The number of carbonyl (C=O) groups is 2. The summed E-state index contributed by atoms with van der Waals surface area (Å²) in [5, 5.41) is 3.88. The van der Waals surface area contributed by atoms with Gasteiger partial charge in [0.2, 0.25) is 5.91 Å². The van der Waals surface area contributed by atoms with Gasteiger partial charge in [-0.2, -0.15) is 0 Å². The molecular weight excluding hydrogens is 457 g/mol. The third-order valence-corrected chi connectivity index (χ3v) is 6.03. The molecule has 1 heterocycles. The first kappa shape index (κ1) is 22.9. The molecule has 2 amide bonds. The molecule has 3 aromatic carbocycles. The van der Waals surface area contributed by atoms with Gasteiger partial charge in [-0.25, -0.2) is 0 Å². The second-order valence-corrected chi connectivity index (χ2v) is 8.52. The van der Waals surface area contributed by atoms with Crippen LogP contribution in [0, 0.1) is 0 Å². The van der Waals surface area contributed by atoms with Crippen LogP contribution >= 0.6 is 23.2 Å². The van der Waals surface area contributed by atoms with Gasteiger partial charge in [0.25, 0.3) is 5.91 Å². The van der Waals surface area contributed by atoms with Gasteiger partial charge < -0.3 is 15.1 Å². The molecule has 1 N–H and O–H groups in total. The molecule has 1 aliphatic rings. The van der Waals surface area contributed by atoms with Crippen LogP contribution in [0.15, 0.2) is 78.9 Å². The quantitative estimate of drug-likeness (QED) is 0.484. The molecule has 1 fully saturated rings. The fraction of sp³-hybridized carbons (Fsp3) is 0.154. The van der Waals surface area contributed by atoms with Crippen LogP contribution in [0.5, 0.6) is 0 Å². The first-order valence-corrected chi connectivity index (χ1v) is 11.4. The lowest BCUT2D eigenvalue weighted by molar-refractivity contribution is -0.111. The number of piperazine rings is 1. The number of nitrogens with one attached hydrogen (secondary N) is 1. The summed E-state index contributed by atoms with van der Waals surface area (Å²) in [4.78, 5) is 29.0. The van der Waals surface area contributed by atoms with Gasteiger partial charge in [-0.1, -0.05) is 47.5 Å². The molecular formula is C26H23Cl2N3O2. The predicted molar refractivity (Wildman–Crippen MR) is 135 cm³/mol. The van der Waals surface area contributed by atoms with Crippen molar-refractivity contribution in [3.05, 3.63) is 100 Å². The maximum absolute atomic E-state index is 12.6. The van der Waals surface area contributed by atoms with E-state index in [1.165, 1.54) is 6.08 Å². The summed E-state index contributed by atoms with van der Waals surface area (Å²) in [5.74, 6) is -0.178. The summed E-state index contributed by atoms with van der Waals surface area (Å²) in [6.07, 6.45) is 3.09. The Balaban J connectivity index is 1.30. The van der Waals surface area contributed by atoms with E-state index in [2.05, 4.69) is 10.2 Å². The molecule has 0 unspecified atom stereocenters. The van der Waals surface area contributed by atoms with Crippen LogP contribution in [0.4, 0.5) is 11.4 Å². The number of nitrogens with zero attached hydrogens (tertiary/aromatic N) is 2. The Morgan fingerprint density at radius 3 is 2.21 bits per heavy atom. The highest BCUT2D eigenvalue weighted by Crippen LogP contribution is 2.23. The normalized spacial score (nSPS) is 13.9. The van der Waals surface area contributed by atoms with Gasteiger partial charge in [0.1, 0.15) is 0 Å². The molecule has 5 nitrogen and oxygen atoms in total. The lowest BCUT2D eigenvalue weighted by Crippen LogP contribution is -2.48. The largest absolute Gasteiger partial charge is 0.368 e. The molecule has 3 aromatic rings. The Bertz CT molecular complexity index is 1160. The topological polar surface area (TPSA) is 52.7 Å². The van der Waals surface area contributed by atoms with E-state index in [9.17, 15) is 9.59 Å². The van der Waals surface area contributed by atoms with Crippen LogP contribution in [-0.2, 0) is 4.79 Å². The van der Waals surface area contributed by atoms with E-state index in [0.29, 0.717) is 28.8 Å². The van der Waals surface area contributed by atoms with Crippen LogP contribution in [-0.4, -0.2) is 42.9 Å². The van der Waals surface area contributed by atoms with Crippen LogP contribution in [0.2, 0.25) is 10.0 Å². The summed E-state index contributed by atoms with van der Waals surface area (Å²) in [6, 6.07) is 22.2. The van der Waals surface area contributed by atoms with Crippen molar-refractivity contribution in [3.8, 4) is 0 Å². The van der Waals surface area contributed by atoms with Gasteiger partial charge in [0, 0.05) is 59.2 Å². The second kappa shape index (κ2) is 10.6. The summed E-state index contributed by atoms with van der Waals surface area (Å²) < 4.78 is 0. The highest BCUT2D eigenvalue weighted by atomic mass is 35.5. The Kier molecular flexibility index (Phi) is 7.33. The Morgan fingerprint density at radius 1 is 0.848 bits per heavy atom. The SMILES string of the molecule is O=C(C=Cc1ccc(Cl)cc1Cl)Nc1ccc(N2CCN(C(=O)c3ccccc3)CC2)cc1. The number of rotatable bonds is 5. The molecule has 1 saturated heterocycles. The molecule has 168 valence electrons. The monoisotopic (exact) mass is 479 g/mol. The maximum Gasteiger partial charge on any atom is 0.253 e. The number of hydrogen-bond acceptors (Lipinski definition) is 3. The van der Waals surface area contributed by atoms with E-state index < -0.39 is 0 Å². The maximum atomic E-state index is 12.6. The smallest absolute Gasteiger partial charge is 0.253 e. The molecule has 7 heteroatoms. The number of halogens is 2. The lowest BCUT2D eigenvalue weighted by atomic mass is 10.1. The molecule has 0 saturated carbocycles. The minimum atomic E-state index is -0.248. The minimum Gasteiger partial charge on any atom is -0.368 e. The second-order valence-electron chi connectivity index (χ2n) is 7.68. The average molecular weight is 480 g/mol. The van der Waals surface area contributed by atoms with Crippen molar-refractivity contribution in [2.24, 2.45) is 0 Å². The Labute approximate surface area is 203 Å². The highest BCUT2D eigenvalue weighted by molar-refractivity contribution is 6.35. The number of anilines is 2. The van der Waals surface area contributed by atoms with E-state index in [0.717, 1.165) is 29.9 Å². The van der Waals surface area contributed by atoms with Crippen molar-refractivity contribution < 1.29 is 9.59 Å². The standard InChI is InChI=1S/C26H23Cl2N3O2/c27-21-8-6-19(24(28)18-21)7-13-25(32)29-22-9-11-23(12-10-22)30-14-16-31(17-15-30)26(33)20-4-2-1-3-5-20/h1-13,18H,14-17H2,(H,29,32). The molecule has 4 rings (SSSR count). The number of amides is 2. The third-order valence-electron chi connectivity index (χ3n) is 5.46. The summed E-state index contributed by atoms with van der Waals surface area (Å²) in [5.41, 5.74) is 3.20. The summed E-state index contributed by atoms with van der Waals surface area (Å²) in [7, 11) is 0. The molecule has 0 bridgehead atoms. The van der Waals surface area contributed by atoms with Gasteiger partial charge in [0.05, 0.1) is 0 Å². The Morgan fingerprint density at radius 2 is 1.55 bits per heavy atom. The van der Waals surface area contributed by atoms with Gasteiger partial charge in [-0.05, 0) is 60.2 Å². The number of benzene rings is 3. The first-order chi connectivity index (χ1) is 16.0. The predicted octanol–water partition coefficient (Wildman–Crippen LogP) is 5.61. The van der Waals surface area contributed by atoms with E-state index in [1.54, 1.807) is 24.3 Å². The van der Waals surface area contributed by atoms with Crippen molar-refractivity contribution in [1.82, 2.24) is 4.90 Å². The third kappa shape index (κ3) is 5.95. The number of carbonyl (C=O) groups excluding carboxylic acids is 2. The molecule has 1 aliphatic heterocycles. The highest BCUT2D eigenvalue weighted by Gasteiger charge is 2.22. The van der Waals surface area contributed by atoms with Gasteiger partial charge in [-0.15, -0.1) is 0 Å². The Hall–Kier alpha value is -3.28. The first-order valence-electron chi connectivity index (χ1n) is 10.6. The van der Waals surface area contributed by atoms with E-state index in [-0.39, 0.29) is 11.8 Å². The molecule has 33 heavy (non-hydrogen) atoms. The molecule has 0 aromatic heterocycles. The molecule has 0 aliphatic carbocycles. The lowest BCUT2D eigenvalue weighted by Gasteiger charge is -2.36. The van der Waals surface area contributed by atoms with Gasteiger partial charge in [-0.3, -0.25) is 9.59 Å². The molecule has 0 atom stereocenters.